The van der Waals surface area contributed by atoms with Crippen molar-refractivity contribution in [1.82, 2.24) is 14.9 Å². The highest BCUT2D eigenvalue weighted by molar-refractivity contribution is 6.33. The summed E-state index contributed by atoms with van der Waals surface area (Å²) in [4.78, 5) is 39.8. The Kier molecular flexibility index (Phi) is 11.0. The first kappa shape index (κ1) is 34.8. The number of aliphatic imine (C=N–C) groups is 1. The largest absolute Gasteiger partial charge is 0.478 e. The molecule has 0 saturated heterocycles. The number of rotatable bonds is 12. The lowest BCUT2D eigenvalue weighted by Crippen LogP contribution is -2.37. The third kappa shape index (κ3) is 9.08. The summed E-state index contributed by atoms with van der Waals surface area (Å²) in [7, 11) is 0. The Hall–Kier alpha value is -5.55. The van der Waals surface area contributed by atoms with Crippen LogP contribution >= 0.6 is 11.6 Å². The van der Waals surface area contributed by atoms with Gasteiger partial charge in [0.15, 0.2) is 0 Å². The molecule has 2 aromatic heterocycles. The van der Waals surface area contributed by atoms with Gasteiger partial charge in [0, 0.05) is 71.4 Å². The van der Waals surface area contributed by atoms with Gasteiger partial charge in [0.2, 0.25) is 0 Å². The zero-order valence-electron chi connectivity index (χ0n) is 27.6. The smallest absolute Gasteiger partial charge is 0.410 e. The lowest BCUT2D eigenvalue weighted by Gasteiger charge is -2.27. The fourth-order valence-electron chi connectivity index (χ4n) is 5.23. The average Bonchev–Trinajstić information content (AvgIpc) is 3.08. The van der Waals surface area contributed by atoms with Gasteiger partial charge in [0.1, 0.15) is 11.4 Å². The molecule has 1 amide bonds. The predicted octanol–water partition coefficient (Wildman–Crippen LogP) is 7.43. The monoisotopic (exact) mass is 679 g/mol. The maximum atomic E-state index is 13.2. The molecule has 5 rings (SSSR count). The number of carboxylic acid groups (broad SMARTS) is 1. The molecule has 0 fully saturated rings. The third-order valence-electron chi connectivity index (χ3n) is 7.56. The number of aromatic carboxylic acids is 1. The molecule has 0 aliphatic heterocycles. The number of aromatic nitrogens is 2. The van der Waals surface area contributed by atoms with Gasteiger partial charge < -0.3 is 25.9 Å². The van der Waals surface area contributed by atoms with Crippen LogP contribution in [-0.2, 0) is 11.3 Å². The second-order valence-electron chi connectivity index (χ2n) is 12.3. The number of ether oxygens (including phenoxy) is 1. The van der Waals surface area contributed by atoms with E-state index in [1.165, 1.54) is 0 Å². The number of hydrazone groups is 1. The van der Waals surface area contributed by atoms with Crippen LogP contribution in [0.3, 0.4) is 0 Å². The molecular formula is C37H38ClN7O4. The van der Waals surface area contributed by atoms with Crippen LogP contribution in [0.2, 0.25) is 5.02 Å². The fraction of sp³-hybridized carbons (Fsp3) is 0.243. The van der Waals surface area contributed by atoms with Gasteiger partial charge in [0.05, 0.1) is 23.3 Å². The number of carbonyl (C=O) groups is 2. The van der Waals surface area contributed by atoms with E-state index in [1.54, 1.807) is 41.7 Å². The Labute approximate surface area is 289 Å². The van der Waals surface area contributed by atoms with E-state index in [9.17, 15) is 14.7 Å². The highest BCUT2D eigenvalue weighted by Gasteiger charge is 2.23. The first-order valence-corrected chi connectivity index (χ1v) is 16.1. The zero-order valence-corrected chi connectivity index (χ0v) is 28.3. The number of carboxylic acids is 1. The predicted molar refractivity (Wildman–Crippen MR) is 196 cm³/mol. The maximum absolute atomic E-state index is 13.2. The third-order valence-corrected chi connectivity index (χ3v) is 7.88. The normalized spacial score (nSPS) is 12.0. The number of nitrogens with zero attached hydrogens (tertiary/aromatic N) is 5. The molecule has 5 aromatic rings. The van der Waals surface area contributed by atoms with E-state index < -0.39 is 17.7 Å². The van der Waals surface area contributed by atoms with Crippen LogP contribution in [0.15, 0.2) is 95.3 Å². The van der Waals surface area contributed by atoms with Crippen LogP contribution in [0.4, 0.5) is 10.6 Å². The van der Waals surface area contributed by atoms with E-state index in [0.717, 1.165) is 32.8 Å². The topological polar surface area (TPSA) is 155 Å². The van der Waals surface area contributed by atoms with Crippen molar-refractivity contribution in [2.45, 2.75) is 39.3 Å². The van der Waals surface area contributed by atoms with Crippen molar-refractivity contribution >= 4 is 63.1 Å². The highest BCUT2D eigenvalue weighted by Crippen LogP contribution is 2.30. The number of amides is 1. The number of pyridine rings is 2. The summed E-state index contributed by atoms with van der Waals surface area (Å²) in [6, 6.07) is 22.4. The van der Waals surface area contributed by atoms with E-state index in [1.807, 2.05) is 75.4 Å². The van der Waals surface area contributed by atoms with E-state index in [2.05, 4.69) is 20.4 Å². The van der Waals surface area contributed by atoms with Gasteiger partial charge in [-0.25, -0.2) is 14.6 Å². The van der Waals surface area contributed by atoms with Gasteiger partial charge in [-0.2, -0.15) is 5.10 Å². The first-order chi connectivity index (χ1) is 23.5. The van der Waals surface area contributed by atoms with Crippen molar-refractivity contribution in [1.29, 1.82) is 0 Å². The van der Waals surface area contributed by atoms with Crippen LogP contribution < -0.4 is 11.2 Å². The number of nitrogens with one attached hydrogen (secondary N) is 1. The van der Waals surface area contributed by atoms with Crippen molar-refractivity contribution < 1.29 is 19.4 Å². The number of carbonyl (C=O) groups excluding carboxylic acids is 1. The Bertz CT molecular complexity index is 2030. The Balaban J connectivity index is 1.23. The lowest BCUT2D eigenvalue weighted by atomic mass is 10.0. The van der Waals surface area contributed by atoms with Gasteiger partial charge in [-0.1, -0.05) is 60.1 Å². The second kappa shape index (κ2) is 15.6. The van der Waals surface area contributed by atoms with E-state index in [0.29, 0.717) is 41.6 Å². The van der Waals surface area contributed by atoms with Gasteiger partial charge >= 0.3 is 12.1 Å². The van der Waals surface area contributed by atoms with E-state index in [-0.39, 0.29) is 18.7 Å². The summed E-state index contributed by atoms with van der Waals surface area (Å²) >= 11 is 6.66. The number of anilines is 1. The van der Waals surface area contributed by atoms with Crippen molar-refractivity contribution in [3.63, 3.8) is 0 Å². The molecule has 0 atom stereocenters. The van der Waals surface area contributed by atoms with Crippen LogP contribution in [-0.4, -0.2) is 69.2 Å². The number of hydrogen-bond donors (Lipinski definition) is 3. The van der Waals surface area contributed by atoms with Gasteiger partial charge in [-0.15, -0.1) is 0 Å². The molecule has 0 bridgehead atoms. The number of halogens is 1. The molecule has 49 heavy (non-hydrogen) atoms. The second-order valence-corrected chi connectivity index (χ2v) is 12.7. The molecule has 3 aromatic carbocycles. The van der Waals surface area contributed by atoms with Crippen LogP contribution in [0.1, 0.15) is 43.1 Å². The van der Waals surface area contributed by atoms with Crippen LogP contribution in [0, 0.1) is 0 Å². The summed E-state index contributed by atoms with van der Waals surface area (Å²) in [6.07, 6.45) is 4.90. The maximum Gasteiger partial charge on any atom is 0.410 e. The lowest BCUT2D eigenvalue weighted by molar-refractivity contribution is 0.0239. The summed E-state index contributed by atoms with van der Waals surface area (Å²) in [6.45, 7) is 6.84. The molecule has 0 aliphatic carbocycles. The van der Waals surface area contributed by atoms with Gasteiger partial charge in [-0.05, 0) is 56.2 Å². The van der Waals surface area contributed by atoms with E-state index in [4.69, 9.17) is 27.2 Å². The minimum atomic E-state index is -1.02. The molecular weight excluding hydrogens is 642 g/mol. The van der Waals surface area contributed by atoms with Crippen molar-refractivity contribution in [3.05, 3.63) is 101 Å². The fourth-order valence-corrected chi connectivity index (χ4v) is 5.54. The molecule has 0 unspecified atom stereocenters. The number of nitrogens with two attached hydrogens (primary N) is 1. The molecule has 4 N–H and O–H groups in total. The summed E-state index contributed by atoms with van der Waals surface area (Å²) in [5, 5.41) is 19.7. The molecule has 252 valence electrons. The molecule has 0 radical (unpaired) electrons. The minimum Gasteiger partial charge on any atom is -0.478 e. The zero-order chi connectivity index (χ0) is 35.0. The SMILES string of the molecule is CC(C)(C)OC(=O)N(CC/C(C=NCCNc1nc2cc(C(=O)O)ccc2c2cnccc12)=N/N)Cc1ccc(-c2ccccc2)c(Cl)c1. The average molecular weight is 680 g/mol. The van der Waals surface area contributed by atoms with Crippen LogP contribution in [0.25, 0.3) is 32.8 Å². The Morgan fingerprint density at radius 2 is 1.84 bits per heavy atom. The number of benzene rings is 3. The van der Waals surface area contributed by atoms with Crippen molar-refractivity contribution in [2.75, 3.05) is 25.0 Å². The molecule has 11 nitrogen and oxygen atoms in total. The molecule has 2 heterocycles. The molecule has 0 spiro atoms. The quantitative estimate of drug-likeness (QED) is 0.0404. The van der Waals surface area contributed by atoms with Gasteiger partial charge in [0.25, 0.3) is 0 Å². The molecule has 12 heteroatoms. The van der Waals surface area contributed by atoms with Crippen molar-refractivity contribution in [3.8, 4) is 11.1 Å². The standard InChI is InChI=1S/C37H38ClN7O4/c1-37(2,3)49-36(48)45(23-24-9-11-28(32(38)19-24)25-7-5-4-6-8-25)18-14-27(44-39)21-41-16-17-42-34-30-13-15-40-22-31(30)29-12-10-26(35(46)47)20-33(29)43-34/h4-13,15,19-22H,14,16-18,23,39H2,1-3H3,(H,42,43)(H,46,47)/b41-21?,44-27-. The number of hydrogen-bond acceptors (Lipinski definition) is 9. The van der Waals surface area contributed by atoms with Crippen molar-refractivity contribution in [2.24, 2.45) is 15.9 Å². The molecule has 0 aliphatic rings. The molecule has 0 saturated carbocycles. The highest BCUT2D eigenvalue weighted by atomic mass is 35.5. The summed E-state index contributed by atoms with van der Waals surface area (Å²) < 4.78 is 5.69. The summed E-state index contributed by atoms with van der Waals surface area (Å²) in [5.74, 6) is 5.28. The minimum absolute atomic E-state index is 0.155. The summed E-state index contributed by atoms with van der Waals surface area (Å²) in [5.41, 5.74) is 3.31. The Morgan fingerprint density at radius 1 is 1.04 bits per heavy atom. The van der Waals surface area contributed by atoms with E-state index >= 15 is 0 Å². The number of fused-ring (bicyclic) bond motifs is 3. The van der Waals surface area contributed by atoms with Crippen LogP contribution in [0.5, 0.6) is 0 Å². The van der Waals surface area contributed by atoms with Gasteiger partial charge in [-0.3, -0.25) is 9.98 Å². The first-order valence-electron chi connectivity index (χ1n) is 15.8. The Morgan fingerprint density at radius 3 is 2.55 bits per heavy atom.